The van der Waals surface area contributed by atoms with E-state index in [0.29, 0.717) is 6.10 Å². The van der Waals surface area contributed by atoms with Crippen molar-refractivity contribution >= 4 is 0 Å². The predicted octanol–water partition coefficient (Wildman–Crippen LogP) is 2.99. The fraction of sp³-hybridized carbons (Fsp3) is 1.00. The third-order valence-electron chi connectivity index (χ3n) is 3.71. The summed E-state index contributed by atoms with van der Waals surface area (Å²) in [6, 6.07) is 0. The maximum Gasteiger partial charge on any atom is 0.0625 e. The van der Waals surface area contributed by atoms with Crippen molar-refractivity contribution in [3.05, 3.63) is 0 Å². The summed E-state index contributed by atoms with van der Waals surface area (Å²) in [7, 11) is 0. The summed E-state index contributed by atoms with van der Waals surface area (Å²) in [5.41, 5.74) is 0. The van der Waals surface area contributed by atoms with Gasteiger partial charge in [-0.15, -0.1) is 0 Å². The molecule has 1 nitrogen and oxygen atoms in total. The zero-order valence-corrected chi connectivity index (χ0v) is 8.09. The molecule has 0 aromatic heterocycles. The molecule has 2 aliphatic rings. The second-order valence-corrected chi connectivity index (χ2v) is 4.46. The van der Waals surface area contributed by atoms with Crippen molar-refractivity contribution in [1.29, 1.82) is 0 Å². The lowest BCUT2D eigenvalue weighted by Gasteiger charge is -2.38. The highest BCUT2D eigenvalue weighted by Crippen LogP contribution is 2.35. The summed E-state index contributed by atoms with van der Waals surface area (Å²) in [5, 5.41) is 0. The van der Waals surface area contributed by atoms with Gasteiger partial charge in [-0.25, -0.2) is 0 Å². The fourth-order valence-corrected chi connectivity index (χ4v) is 2.63. The molecule has 70 valence electrons. The molecule has 2 rings (SSSR count). The average Bonchev–Trinajstić information content (AvgIpc) is 2.03. The SMILES string of the molecule is CC(C1CCCCC1)C1CCO1. The van der Waals surface area contributed by atoms with E-state index in [2.05, 4.69) is 6.92 Å². The number of rotatable bonds is 2. The first kappa shape index (κ1) is 8.55. The number of hydrogen-bond donors (Lipinski definition) is 0. The van der Waals surface area contributed by atoms with Crippen molar-refractivity contribution in [3.63, 3.8) is 0 Å². The Bertz CT molecular complexity index is 134. The van der Waals surface area contributed by atoms with Gasteiger partial charge in [0, 0.05) is 6.61 Å². The van der Waals surface area contributed by atoms with Crippen LogP contribution in [0.4, 0.5) is 0 Å². The predicted molar refractivity (Wildman–Crippen MR) is 50.1 cm³/mol. The van der Waals surface area contributed by atoms with Crippen LogP contribution >= 0.6 is 0 Å². The summed E-state index contributed by atoms with van der Waals surface area (Å²) in [4.78, 5) is 0. The molecule has 1 saturated heterocycles. The average molecular weight is 168 g/mol. The molecule has 1 heteroatoms. The van der Waals surface area contributed by atoms with Crippen LogP contribution in [0.15, 0.2) is 0 Å². The molecule has 0 N–H and O–H groups in total. The molecule has 1 aliphatic heterocycles. The van der Waals surface area contributed by atoms with E-state index in [1.54, 1.807) is 0 Å². The van der Waals surface area contributed by atoms with Crippen molar-refractivity contribution in [2.45, 2.75) is 51.6 Å². The molecule has 12 heavy (non-hydrogen) atoms. The summed E-state index contributed by atoms with van der Waals surface area (Å²) in [5.74, 6) is 1.81. The van der Waals surface area contributed by atoms with Gasteiger partial charge in [0.25, 0.3) is 0 Å². The highest BCUT2D eigenvalue weighted by atomic mass is 16.5. The minimum atomic E-state index is 0.619. The molecule has 0 radical (unpaired) electrons. The maximum atomic E-state index is 5.55. The van der Waals surface area contributed by atoms with Crippen LogP contribution in [0.25, 0.3) is 0 Å². The van der Waals surface area contributed by atoms with Crippen LogP contribution in [0.2, 0.25) is 0 Å². The van der Waals surface area contributed by atoms with Crippen LogP contribution in [-0.4, -0.2) is 12.7 Å². The Balaban J connectivity index is 1.80. The van der Waals surface area contributed by atoms with Crippen LogP contribution in [0.1, 0.15) is 45.4 Å². The highest BCUT2D eigenvalue weighted by molar-refractivity contribution is 4.80. The first-order valence-corrected chi connectivity index (χ1v) is 5.49. The molecule has 1 saturated carbocycles. The van der Waals surface area contributed by atoms with Gasteiger partial charge in [0.2, 0.25) is 0 Å². The van der Waals surface area contributed by atoms with Gasteiger partial charge >= 0.3 is 0 Å². The van der Waals surface area contributed by atoms with Crippen molar-refractivity contribution in [2.75, 3.05) is 6.61 Å². The number of ether oxygens (including phenoxy) is 1. The quantitative estimate of drug-likeness (QED) is 0.616. The highest BCUT2D eigenvalue weighted by Gasteiger charge is 2.31. The van der Waals surface area contributed by atoms with Gasteiger partial charge in [-0.1, -0.05) is 39.0 Å². The van der Waals surface area contributed by atoms with E-state index in [4.69, 9.17) is 4.74 Å². The third-order valence-corrected chi connectivity index (χ3v) is 3.71. The molecule has 1 aliphatic carbocycles. The third kappa shape index (κ3) is 1.66. The monoisotopic (exact) mass is 168 g/mol. The van der Waals surface area contributed by atoms with Gasteiger partial charge in [0.1, 0.15) is 0 Å². The van der Waals surface area contributed by atoms with E-state index in [0.717, 1.165) is 18.4 Å². The zero-order chi connectivity index (χ0) is 8.39. The Morgan fingerprint density at radius 1 is 1.08 bits per heavy atom. The topological polar surface area (TPSA) is 9.23 Å². The minimum Gasteiger partial charge on any atom is -0.378 e. The minimum absolute atomic E-state index is 0.619. The number of hydrogen-bond acceptors (Lipinski definition) is 1. The summed E-state index contributed by atoms with van der Waals surface area (Å²) >= 11 is 0. The van der Waals surface area contributed by atoms with Crippen LogP contribution in [-0.2, 0) is 4.74 Å². The van der Waals surface area contributed by atoms with Crippen LogP contribution < -0.4 is 0 Å². The van der Waals surface area contributed by atoms with E-state index in [1.807, 2.05) is 0 Å². The second-order valence-electron chi connectivity index (χ2n) is 4.46. The molecule has 2 atom stereocenters. The van der Waals surface area contributed by atoms with E-state index < -0.39 is 0 Å². The van der Waals surface area contributed by atoms with Gasteiger partial charge in [0.15, 0.2) is 0 Å². The molecular formula is C11H20O. The smallest absolute Gasteiger partial charge is 0.0625 e. The van der Waals surface area contributed by atoms with E-state index in [1.165, 1.54) is 38.5 Å². The molecule has 1 heterocycles. The Labute approximate surface area is 75.5 Å². The molecule has 0 spiro atoms. The summed E-state index contributed by atoms with van der Waals surface area (Å²) in [6.45, 7) is 3.40. The molecule has 0 amide bonds. The van der Waals surface area contributed by atoms with Gasteiger partial charge < -0.3 is 4.74 Å². The van der Waals surface area contributed by atoms with Crippen molar-refractivity contribution in [3.8, 4) is 0 Å². The Hall–Kier alpha value is -0.0400. The van der Waals surface area contributed by atoms with E-state index >= 15 is 0 Å². The molecular weight excluding hydrogens is 148 g/mol. The standard InChI is InChI=1S/C11H20O/c1-9(11-7-8-12-11)10-5-3-2-4-6-10/h9-11H,2-8H2,1H3. The molecule has 0 bridgehead atoms. The van der Waals surface area contributed by atoms with Gasteiger partial charge in [-0.2, -0.15) is 0 Å². The van der Waals surface area contributed by atoms with E-state index in [-0.39, 0.29) is 0 Å². The second kappa shape index (κ2) is 3.78. The normalized spacial score (nSPS) is 34.2. The first-order valence-electron chi connectivity index (χ1n) is 5.49. The van der Waals surface area contributed by atoms with Crippen LogP contribution in [0.5, 0.6) is 0 Å². The van der Waals surface area contributed by atoms with E-state index in [9.17, 15) is 0 Å². The van der Waals surface area contributed by atoms with Gasteiger partial charge in [-0.3, -0.25) is 0 Å². The van der Waals surface area contributed by atoms with Crippen molar-refractivity contribution in [1.82, 2.24) is 0 Å². The Morgan fingerprint density at radius 2 is 1.75 bits per heavy atom. The molecule has 2 unspecified atom stereocenters. The molecule has 2 fully saturated rings. The Morgan fingerprint density at radius 3 is 2.25 bits per heavy atom. The largest absolute Gasteiger partial charge is 0.378 e. The summed E-state index contributed by atoms with van der Waals surface area (Å²) < 4.78 is 5.55. The van der Waals surface area contributed by atoms with Gasteiger partial charge in [-0.05, 0) is 18.3 Å². The van der Waals surface area contributed by atoms with Crippen LogP contribution in [0, 0.1) is 11.8 Å². The van der Waals surface area contributed by atoms with Crippen LogP contribution in [0.3, 0.4) is 0 Å². The Kier molecular flexibility index (Phi) is 2.69. The fourth-order valence-electron chi connectivity index (χ4n) is 2.63. The molecule has 0 aromatic rings. The first-order chi connectivity index (χ1) is 5.88. The zero-order valence-electron chi connectivity index (χ0n) is 8.09. The summed E-state index contributed by atoms with van der Waals surface area (Å²) in [6.07, 6.45) is 9.24. The van der Waals surface area contributed by atoms with Gasteiger partial charge in [0.05, 0.1) is 6.10 Å². The lowest BCUT2D eigenvalue weighted by Crippen LogP contribution is -2.37. The maximum absolute atomic E-state index is 5.55. The van der Waals surface area contributed by atoms with Crippen molar-refractivity contribution in [2.24, 2.45) is 11.8 Å². The molecule has 0 aromatic carbocycles. The lowest BCUT2D eigenvalue weighted by atomic mass is 9.77. The lowest BCUT2D eigenvalue weighted by molar-refractivity contribution is -0.0965. The van der Waals surface area contributed by atoms with Crippen molar-refractivity contribution < 1.29 is 4.74 Å².